The molecule has 1 unspecified atom stereocenters. The molecule has 0 aromatic heterocycles. The van der Waals surface area contributed by atoms with Crippen molar-refractivity contribution in [1.82, 2.24) is 0 Å². The van der Waals surface area contributed by atoms with E-state index < -0.39 is 0 Å². The summed E-state index contributed by atoms with van der Waals surface area (Å²) >= 11 is 0. The van der Waals surface area contributed by atoms with E-state index in [0.29, 0.717) is 0 Å². The van der Waals surface area contributed by atoms with Crippen molar-refractivity contribution in [3.63, 3.8) is 0 Å². The number of hydrogen-bond acceptors (Lipinski definition) is 2. The maximum atomic E-state index is 13.5. The van der Waals surface area contributed by atoms with E-state index in [4.69, 9.17) is 4.74 Å². The normalized spacial score (nSPS) is 19.2. The van der Waals surface area contributed by atoms with Crippen LogP contribution in [0.15, 0.2) is 18.2 Å². The number of hydrogen-bond donors (Lipinski definition) is 1. The first-order valence-electron chi connectivity index (χ1n) is 5.58. The van der Waals surface area contributed by atoms with E-state index in [-0.39, 0.29) is 23.1 Å². The molecule has 0 spiro atoms. The van der Waals surface area contributed by atoms with Crippen LogP contribution in [0.25, 0.3) is 0 Å². The largest absolute Gasteiger partial charge is 0.494 e. The van der Waals surface area contributed by atoms with Crippen molar-refractivity contribution in [1.29, 1.82) is 0 Å². The topological polar surface area (TPSA) is 29.5 Å². The lowest BCUT2D eigenvalue weighted by atomic mass is 9.91. The van der Waals surface area contributed by atoms with Crippen LogP contribution in [0.3, 0.4) is 0 Å². The molecule has 1 N–H and O–H groups in total. The van der Waals surface area contributed by atoms with Crippen LogP contribution in [0.5, 0.6) is 5.75 Å². The summed E-state index contributed by atoms with van der Waals surface area (Å²) in [7, 11) is 1.45. The van der Waals surface area contributed by atoms with E-state index in [1.807, 2.05) is 13.0 Å². The Morgan fingerprint density at radius 1 is 1.50 bits per heavy atom. The molecule has 1 aliphatic rings. The molecule has 2 nitrogen and oxygen atoms in total. The van der Waals surface area contributed by atoms with Crippen LogP contribution in [-0.4, -0.2) is 18.3 Å². The molecule has 0 radical (unpaired) electrons. The predicted molar refractivity (Wildman–Crippen MR) is 60.0 cm³/mol. The second kappa shape index (κ2) is 4.06. The van der Waals surface area contributed by atoms with Gasteiger partial charge < -0.3 is 9.84 Å². The minimum atomic E-state index is -0.332. The van der Waals surface area contributed by atoms with Gasteiger partial charge in [-0.1, -0.05) is 6.07 Å². The molecule has 88 valence electrons. The summed E-state index contributed by atoms with van der Waals surface area (Å²) in [5.74, 6) is -0.0629. The van der Waals surface area contributed by atoms with Gasteiger partial charge >= 0.3 is 0 Å². The van der Waals surface area contributed by atoms with E-state index in [9.17, 15) is 9.50 Å². The van der Waals surface area contributed by atoms with Crippen LogP contribution >= 0.6 is 0 Å². The van der Waals surface area contributed by atoms with Crippen molar-refractivity contribution in [2.45, 2.75) is 32.3 Å². The Morgan fingerprint density at radius 2 is 2.19 bits per heavy atom. The first-order chi connectivity index (χ1) is 7.57. The monoisotopic (exact) mass is 224 g/mol. The van der Waals surface area contributed by atoms with E-state index in [2.05, 4.69) is 0 Å². The van der Waals surface area contributed by atoms with Gasteiger partial charge in [0.15, 0.2) is 11.6 Å². The molecule has 1 aliphatic carbocycles. The summed E-state index contributed by atoms with van der Waals surface area (Å²) in [4.78, 5) is 0. The molecule has 1 aromatic carbocycles. The lowest BCUT2D eigenvalue weighted by molar-refractivity contribution is 0.110. The molecule has 0 saturated heterocycles. The standard InChI is InChI=1S/C13H17FO2/c1-9(15)13(5-6-13)8-10-3-4-12(16-2)11(14)7-10/h3-4,7,9,15H,5-6,8H2,1-2H3. The van der Waals surface area contributed by atoms with Crippen LogP contribution in [-0.2, 0) is 6.42 Å². The minimum absolute atomic E-state index is 0.0129. The van der Waals surface area contributed by atoms with E-state index in [1.54, 1.807) is 6.07 Å². The first kappa shape index (κ1) is 11.4. The van der Waals surface area contributed by atoms with Gasteiger partial charge in [-0.15, -0.1) is 0 Å². The van der Waals surface area contributed by atoms with Crippen LogP contribution in [0.1, 0.15) is 25.3 Å². The zero-order chi connectivity index (χ0) is 11.8. The van der Waals surface area contributed by atoms with Gasteiger partial charge in [-0.3, -0.25) is 0 Å². The highest BCUT2D eigenvalue weighted by molar-refractivity contribution is 5.30. The van der Waals surface area contributed by atoms with Gasteiger partial charge in [0.05, 0.1) is 13.2 Å². The average molecular weight is 224 g/mol. The Balaban J connectivity index is 2.14. The number of aliphatic hydroxyl groups excluding tert-OH is 1. The maximum Gasteiger partial charge on any atom is 0.165 e. The van der Waals surface area contributed by atoms with Gasteiger partial charge in [0.2, 0.25) is 0 Å². The Labute approximate surface area is 95.1 Å². The highest BCUT2D eigenvalue weighted by atomic mass is 19.1. The van der Waals surface area contributed by atoms with Crippen LogP contribution in [0.4, 0.5) is 4.39 Å². The Morgan fingerprint density at radius 3 is 2.62 bits per heavy atom. The number of aliphatic hydroxyl groups is 1. The van der Waals surface area contributed by atoms with Crippen LogP contribution in [0.2, 0.25) is 0 Å². The van der Waals surface area contributed by atoms with Crippen molar-refractivity contribution in [3.8, 4) is 5.75 Å². The van der Waals surface area contributed by atoms with E-state index in [1.165, 1.54) is 13.2 Å². The first-order valence-corrected chi connectivity index (χ1v) is 5.58. The lowest BCUT2D eigenvalue weighted by Gasteiger charge is -2.18. The Bertz CT molecular complexity index is 384. The molecule has 2 rings (SSSR count). The maximum absolute atomic E-state index is 13.5. The second-order valence-electron chi connectivity index (χ2n) is 4.68. The number of halogens is 1. The summed E-state index contributed by atoms with van der Waals surface area (Å²) in [6.07, 6.45) is 2.47. The summed E-state index contributed by atoms with van der Waals surface area (Å²) in [6, 6.07) is 5.01. The zero-order valence-corrected chi connectivity index (χ0v) is 9.66. The lowest BCUT2D eigenvalue weighted by Crippen LogP contribution is -2.20. The third-order valence-corrected chi connectivity index (χ3v) is 3.55. The van der Waals surface area contributed by atoms with Gasteiger partial charge in [-0.2, -0.15) is 0 Å². The van der Waals surface area contributed by atoms with Gasteiger partial charge in [0, 0.05) is 5.41 Å². The molecule has 1 fully saturated rings. The van der Waals surface area contributed by atoms with Crippen molar-refractivity contribution in [2.24, 2.45) is 5.41 Å². The highest BCUT2D eigenvalue weighted by Gasteiger charge is 2.46. The Hall–Kier alpha value is -1.09. The molecule has 0 bridgehead atoms. The van der Waals surface area contributed by atoms with Crippen molar-refractivity contribution < 1.29 is 14.2 Å². The predicted octanol–water partition coefficient (Wildman–Crippen LogP) is 2.54. The smallest absolute Gasteiger partial charge is 0.165 e. The number of rotatable bonds is 4. The molecule has 0 amide bonds. The van der Waals surface area contributed by atoms with Crippen molar-refractivity contribution in [2.75, 3.05) is 7.11 Å². The van der Waals surface area contributed by atoms with Crippen molar-refractivity contribution >= 4 is 0 Å². The third kappa shape index (κ3) is 2.05. The zero-order valence-electron chi connectivity index (χ0n) is 9.66. The Kier molecular flexibility index (Phi) is 2.89. The van der Waals surface area contributed by atoms with Crippen molar-refractivity contribution in [3.05, 3.63) is 29.6 Å². The molecule has 16 heavy (non-hydrogen) atoms. The molecule has 1 saturated carbocycles. The summed E-state index contributed by atoms with van der Waals surface area (Å²) in [5.41, 5.74) is 0.915. The molecular formula is C13H17FO2. The fourth-order valence-corrected chi connectivity index (χ4v) is 2.13. The van der Waals surface area contributed by atoms with Gasteiger partial charge in [-0.05, 0) is 43.9 Å². The van der Waals surface area contributed by atoms with Gasteiger partial charge in [-0.25, -0.2) is 4.39 Å². The molecule has 0 heterocycles. The summed E-state index contributed by atoms with van der Waals surface area (Å²) in [5, 5.41) is 9.66. The molecule has 1 aromatic rings. The number of methoxy groups -OCH3 is 1. The van der Waals surface area contributed by atoms with Gasteiger partial charge in [0.25, 0.3) is 0 Å². The average Bonchev–Trinajstić information content (AvgIpc) is 2.99. The van der Waals surface area contributed by atoms with Crippen LogP contribution < -0.4 is 4.74 Å². The fourth-order valence-electron chi connectivity index (χ4n) is 2.13. The third-order valence-electron chi connectivity index (χ3n) is 3.55. The quantitative estimate of drug-likeness (QED) is 0.851. The molecule has 3 heteroatoms. The minimum Gasteiger partial charge on any atom is -0.494 e. The summed E-state index contributed by atoms with van der Waals surface area (Å²) < 4.78 is 18.3. The van der Waals surface area contributed by atoms with E-state index >= 15 is 0 Å². The SMILES string of the molecule is COc1ccc(CC2(C(C)O)CC2)cc1F. The second-order valence-corrected chi connectivity index (χ2v) is 4.68. The van der Waals surface area contributed by atoms with Gasteiger partial charge in [0.1, 0.15) is 0 Å². The number of benzene rings is 1. The molecule has 0 aliphatic heterocycles. The highest BCUT2D eigenvalue weighted by Crippen LogP contribution is 2.51. The van der Waals surface area contributed by atoms with Crippen LogP contribution in [0, 0.1) is 11.2 Å². The summed E-state index contributed by atoms with van der Waals surface area (Å²) in [6.45, 7) is 1.81. The molecule has 1 atom stereocenters. The fraction of sp³-hybridized carbons (Fsp3) is 0.538. The number of ether oxygens (including phenoxy) is 1. The van der Waals surface area contributed by atoms with E-state index in [0.717, 1.165) is 24.8 Å². The molecular weight excluding hydrogens is 207 g/mol.